The van der Waals surface area contributed by atoms with Gasteiger partial charge in [-0.25, -0.2) is 13.2 Å². The SMILES string of the molecule is CCCCCC12COC(C3CCC(c4ccc(-c5cc(F)c(F)c(F)c5)cc4)CC3)(OC1)OC2. The lowest BCUT2D eigenvalue weighted by atomic mass is 9.76. The van der Waals surface area contributed by atoms with Gasteiger partial charge in [0.25, 0.3) is 5.97 Å². The second-order valence-electron chi connectivity index (χ2n) is 10.4. The molecule has 1 saturated carbocycles. The minimum atomic E-state index is -1.44. The van der Waals surface area contributed by atoms with Gasteiger partial charge in [0.1, 0.15) is 0 Å². The molecule has 0 spiro atoms. The molecule has 0 aromatic heterocycles. The summed E-state index contributed by atoms with van der Waals surface area (Å²) in [5.41, 5.74) is 2.22. The van der Waals surface area contributed by atoms with Gasteiger partial charge >= 0.3 is 0 Å². The average molecular weight is 475 g/mol. The van der Waals surface area contributed by atoms with Crippen molar-refractivity contribution in [1.82, 2.24) is 0 Å². The number of rotatable bonds is 7. The summed E-state index contributed by atoms with van der Waals surface area (Å²) in [6.45, 7) is 4.39. The van der Waals surface area contributed by atoms with Crippen LogP contribution >= 0.6 is 0 Å². The van der Waals surface area contributed by atoms with Crippen LogP contribution in [0.2, 0.25) is 0 Å². The fraction of sp³-hybridized carbons (Fsp3) is 0.571. The number of fused-ring (bicyclic) bond motifs is 3. The van der Waals surface area contributed by atoms with Crippen LogP contribution in [0.4, 0.5) is 13.2 Å². The highest BCUT2D eigenvalue weighted by Crippen LogP contribution is 2.50. The molecule has 6 heteroatoms. The van der Waals surface area contributed by atoms with Crippen LogP contribution in [-0.2, 0) is 14.2 Å². The Morgan fingerprint density at radius 1 is 0.794 bits per heavy atom. The summed E-state index contributed by atoms with van der Waals surface area (Å²) >= 11 is 0. The number of unbranched alkanes of at least 4 members (excludes halogenated alkanes) is 2. The molecule has 3 saturated heterocycles. The molecule has 0 amide bonds. The molecule has 2 aromatic rings. The molecule has 3 aliphatic heterocycles. The number of ether oxygens (including phenoxy) is 3. The van der Waals surface area contributed by atoms with Gasteiger partial charge in [-0.1, -0.05) is 50.5 Å². The maximum atomic E-state index is 13.6. The Morgan fingerprint density at radius 3 is 1.94 bits per heavy atom. The summed E-state index contributed by atoms with van der Waals surface area (Å²) in [6, 6.07) is 9.78. The molecule has 4 aliphatic rings. The molecule has 1 aliphatic carbocycles. The molecule has 0 radical (unpaired) electrons. The van der Waals surface area contributed by atoms with Crippen molar-refractivity contribution >= 4 is 0 Å². The normalized spacial score (nSPS) is 31.1. The van der Waals surface area contributed by atoms with E-state index < -0.39 is 23.4 Å². The first kappa shape index (κ1) is 23.8. The highest BCUT2D eigenvalue weighted by Gasteiger charge is 2.56. The quantitative estimate of drug-likeness (QED) is 0.310. The Hall–Kier alpha value is -1.89. The lowest BCUT2D eigenvalue weighted by molar-refractivity contribution is -0.488. The van der Waals surface area contributed by atoms with Crippen molar-refractivity contribution < 1.29 is 27.4 Å². The van der Waals surface area contributed by atoms with E-state index in [1.54, 1.807) is 0 Å². The van der Waals surface area contributed by atoms with E-state index in [1.165, 1.54) is 24.8 Å². The average Bonchev–Trinajstić information content (AvgIpc) is 2.88. The second-order valence-corrected chi connectivity index (χ2v) is 10.4. The summed E-state index contributed by atoms with van der Waals surface area (Å²) in [6.07, 6.45) is 8.65. The minimum absolute atomic E-state index is 0.0201. The fourth-order valence-electron chi connectivity index (χ4n) is 5.78. The lowest BCUT2D eigenvalue weighted by Gasteiger charge is -2.55. The first-order valence-electron chi connectivity index (χ1n) is 12.6. The Balaban J connectivity index is 1.18. The van der Waals surface area contributed by atoms with Crippen LogP contribution in [0.5, 0.6) is 0 Å². The predicted octanol–water partition coefficient (Wildman–Crippen LogP) is 7.34. The summed E-state index contributed by atoms with van der Waals surface area (Å²) in [4.78, 5) is 0. The fourth-order valence-corrected chi connectivity index (χ4v) is 5.78. The van der Waals surface area contributed by atoms with Crippen molar-refractivity contribution in [2.24, 2.45) is 11.3 Å². The van der Waals surface area contributed by atoms with Gasteiger partial charge in [-0.05, 0) is 66.8 Å². The van der Waals surface area contributed by atoms with E-state index in [0.29, 0.717) is 17.0 Å². The van der Waals surface area contributed by atoms with Crippen molar-refractivity contribution in [2.45, 2.75) is 70.2 Å². The van der Waals surface area contributed by atoms with Gasteiger partial charge in [0.15, 0.2) is 17.5 Å². The van der Waals surface area contributed by atoms with E-state index in [0.717, 1.165) is 64.1 Å². The molecule has 34 heavy (non-hydrogen) atoms. The van der Waals surface area contributed by atoms with E-state index in [9.17, 15) is 13.2 Å². The third-order valence-electron chi connectivity index (χ3n) is 7.98. The Bertz CT molecular complexity index is 951. The Morgan fingerprint density at radius 2 is 1.38 bits per heavy atom. The lowest BCUT2D eigenvalue weighted by Crippen LogP contribution is -2.63. The van der Waals surface area contributed by atoms with Crippen LogP contribution in [-0.4, -0.2) is 25.8 Å². The van der Waals surface area contributed by atoms with Crippen molar-refractivity contribution in [2.75, 3.05) is 19.8 Å². The monoisotopic (exact) mass is 474 g/mol. The highest BCUT2D eigenvalue weighted by molar-refractivity contribution is 5.64. The number of hydrogen-bond donors (Lipinski definition) is 0. The third kappa shape index (κ3) is 4.52. The van der Waals surface area contributed by atoms with Crippen LogP contribution in [0.3, 0.4) is 0 Å². The summed E-state index contributed by atoms with van der Waals surface area (Å²) in [7, 11) is 0. The van der Waals surface area contributed by atoms with Crippen molar-refractivity contribution in [1.29, 1.82) is 0 Å². The molecule has 4 fully saturated rings. The zero-order chi connectivity index (χ0) is 23.8. The minimum Gasteiger partial charge on any atom is -0.326 e. The van der Waals surface area contributed by atoms with E-state index in [1.807, 2.05) is 24.3 Å². The van der Waals surface area contributed by atoms with Gasteiger partial charge in [-0.2, -0.15) is 0 Å². The van der Waals surface area contributed by atoms with Crippen LogP contribution in [0.25, 0.3) is 11.1 Å². The van der Waals surface area contributed by atoms with Gasteiger partial charge in [-0.3, -0.25) is 0 Å². The van der Waals surface area contributed by atoms with Crippen molar-refractivity contribution in [3.05, 3.63) is 59.4 Å². The Kier molecular flexibility index (Phi) is 6.75. The van der Waals surface area contributed by atoms with Crippen LogP contribution in [0.1, 0.15) is 69.8 Å². The molecule has 6 rings (SSSR count). The van der Waals surface area contributed by atoms with Crippen molar-refractivity contribution in [3.63, 3.8) is 0 Å². The number of halogens is 3. The predicted molar refractivity (Wildman–Crippen MR) is 124 cm³/mol. The maximum absolute atomic E-state index is 13.6. The third-order valence-corrected chi connectivity index (χ3v) is 7.98. The number of benzene rings is 2. The largest absolute Gasteiger partial charge is 0.326 e. The molecule has 2 bridgehead atoms. The van der Waals surface area contributed by atoms with Gasteiger partial charge in [0.05, 0.1) is 19.8 Å². The van der Waals surface area contributed by atoms with E-state index in [-0.39, 0.29) is 11.3 Å². The molecular formula is C28H33F3O3. The first-order chi connectivity index (χ1) is 16.4. The summed E-state index contributed by atoms with van der Waals surface area (Å²) in [5.74, 6) is -4.03. The first-order valence-corrected chi connectivity index (χ1v) is 12.6. The number of hydrogen-bond acceptors (Lipinski definition) is 3. The zero-order valence-electron chi connectivity index (χ0n) is 19.8. The molecule has 3 heterocycles. The van der Waals surface area contributed by atoms with Crippen molar-refractivity contribution in [3.8, 4) is 11.1 Å². The highest BCUT2D eigenvalue weighted by atomic mass is 19.2. The maximum Gasteiger partial charge on any atom is 0.285 e. The zero-order valence-corrected chi connectivity index (χ0v) is 19.8. The molecule has 0 atom stereocenters. The van der Waals surface area contributed by atoms with Gasteiger partial charge in [0.2, 0.25) is 0 Å². The van der Waals surface area contributed by atoms with E-state index in [4.69, 9.17) is 14.2 Å². The smallest absolute Gasteiger partial charge is 0.285 e. The topological polar surface area (TPSA) is 27.7 Å². The summed E-state index contributed by atoms with van der Waals surface area (Å²) < 4.78 is 59.2. The molecule has 3 nitrogen and oxygen atoms in total. The van der Waals surface area contributed by atoms with Crippen LogP contribution in [0, 0.1) is 28.8 Å². The van der Waals surface area contributed by atoms with Gasteiger partial charge in [-0.15, -0.1) is 0 Å². The van der Waals surface area contributed by atoms with Crippen LogP contribution in [0.15, 0.2) is 36.4 Å². The second kappa shape index (κ2) is 9.63. The summed E-state index contributed by atoms with van der Waals surface area (Å²) in [5, 5.41) is 0. The molecule has 2 aromatic carbocycles. The molecule has 0 unspecified atom stereocenters. The molecule has 184 valence electrons. The van der Waals surface area contributed by atoms with E-state index >= 15 is 0 Å². The standard InChI is InChI=1S/C28H33F3O3/c1-2-3-4-13-27-16-32-28(33-17-27,34-18-27)23-11-9-20(10-12-23)19-5-7-21(8-6-19)22-14-24(29)26(31)25(30)15-22/h5-8,14-15,20,23H,2-4,9-13,16-18H2,1H3. The van der Waals surface area contributed by atoms with Gasteiger partial charge in [0, 0.05) is 11.3 Å². The molecule has 0 N–H and O–H groups in total. The van der Waals surface area contributed by atoms with Gasteiger partial charge < -0.3 is 14.2 Å². The molecular weight excluding hydrogens is 441 g/mol. The Labute approximate surface area is 199 Å². The van der Waals surface area contributed by atoms with Crippen LogP contribution < -0.4 is 0 Å². The van der Waals surface area contributed by atoms with E-state index in [2.05, 4.69) is 6.92 Å².